The van der Waals surface area contributed by atoms with Crippen molar-refractivity contribution in [3.63, 3.8) is 0 Å². The van der Waals surface area contributed by atoms with Gasteiger partial charge in [-0.15, -0.1) is 0 Å². The zero-order valence-corrected chi connectivity index (χ0v) is 9.78. The van der Waals surface area contributed by atoms with E-state index in [2.05, 4.69) is 22.2 Å². The lowest BCUT2D eigenvalue weighted by Crippen LogP contribution is -2.40. The highest BCUT2D eigenvalue weighted by molar-refractivity contribution is 5.10. The second kappa shape index (κ2) is 4.18. The van der Waals surface area contributed by atoms with Crippen molar-refractivity contribution in [1.82, 2.24) is 15.2 Å². The number of hydrogen-bond acceptors (Lipinski definition) is 4. The molecule has 0 atom stereocenters. The predicted octanol–water partition coefficient (Wildman–Crippen LogP) is 1.17. The molecular weight excluding hydrogens is 202 g/mol. The molecule has 3 rings (SSSR count). The summed E-state index contributed by atoms with van der Waals surface area (Å²) in [5.74, 6) is 2.06. The zero-order valence-electron chi connectivity index (χ0n) is 9.78. The van der Waals surface area contributed by atoms with Gasteiger partial charge in [0, 0.05) is 19.0 Å². The van der Waals surface area contributed by atoms with Crippen molar-refractivity contribution < 1.29 is 4.42 Å². The number of hydrogen-bond donors (Lipinski definition) is 1. The van der Waals surface area contributed by atoms with E-state index in [0.717, 1.165) is 19.0 Å². The van der Waals surface area contributed by atoms with Gasteiger partial charge in [0.25, 0.3) is 0 Å². The summed E-state index contributed by atoms with van der Waals surface area (Å²) in [4.78, 5) is 7.04. The third-order valence-electron chi connectivity index (χ3n) is 3.81. The maximum absolute atomic E-state index is 5.58. The van der Waals surface area contributed by atoms with E-state index in [4.69, 9.17) is 4.42 Å². The molecule has 16 heavy (non-hydrogen) atoms. The molecule has 2 aliphatic heterocycles. The van der Waals surface area contributed by atoms with Gasteiger partial charge in [-0.2, -0.15) is 0 Å². The van der Waals surface area contributed by atoms with Crippen molar-refractivity contribution in [3.8, 4) is 0 Å². The summed E-state index contributed by atoms with van der Waals surface area (Å²) in [5.41, 5.74) is 1.18. The van der Waals surface area contributed by atoms with Gasteiger partial charge in [0.05, 0.1) is 11.6 Å². The number of nitrogens with zero attached hydrogens (tertiary/aromatic N) is 2. The lowest BCUT2D eigenvalue weighted by Gasteiger charge is -2.27. The Morgan fingerprint density at radius 2 is 2.06 bits per heavy atom. The molecule has 0 aromatic carbocycles. The average Bonchev–Trinajstić information content (AvgIpc) is 2.65. The largest absolute Gasteiger partial charge is 0.448 e. The average molecular weight is 221 g/mol. The normalized spacial score (nSPS) is 24.6. The van der Waals surface area contributed by atoms with Gasteiger partial charge in [-0.25, -0.2) is 4.98 Å². The second-order valence-electron chi connectivity index (χ2n) is 5.04. The fraction of sp³-hybridized carbons (Fsp3) is 0.750. The first-order valence-electron chi connectivity index (χ1n) is 6.17. The Hall–Kier alpha value is -0.870. The van der Waals surface area contributed by atoms with Crippen molar-refractivity contribution in [3.05, 3.63) is 17.8 Å². The molecule has 4 heteroatoms. The Kier molecular flexibility index (Phi) is 2.69. The Balaban J connectivity index is 1.67. The number of aromatic nitrogens is 1. The van der Waals surface area contributed by atoms with Gasteiger partial charge in [-0.3, -0.25) is 0 Å². The number of likely N-dealkylation sites (tertiary alicyclic amines) is 1. The monoisotopic (exact) mass is 221 g/mol. The summed E-state index contributed by atoms with van der Waals surface area (Å²) in [5, 5.41) is 3.25. The lowest BCUT2D eigenvalue weighted by molar-refractivity contribution is 0.253. The van der Waals surface area contributed by atoms with Crippen LogP contribution in [0.15, 0.2) is 10.7 Å². The molecule has 0 bridgehead atoms. The lowest BCUT2D eigenvalue weighted by atomic mass is 9.94. The Morgan fingerprint density at radius 1 is 1.31 bits per heavy atom. The van der Waals surface area contributed by atoms with Gasteiger partial charge in [-0.05, 0) is 33.0 Å². The van der Waals surface area contributed by atoms with Crippen LogP contribution in [-0.2, 0) is 0 Å². The fourth-order valence-electron chi connectivity index (χ4n) is 2.44. The van der Waals surface area contributed by atoms with E-state index < -0.39 is 0 Å². The zero-order chi connectivity index (χ0) is 11.0. The molecular formula is C12H19N3O. The van der Waals surface area contributed by atoms with Crippen molar-refractivity contribution in [2.45, 2.75) is 24.7 Å². The van der Waals surface area contributed by atoms with Crippen LogP contribution >= 0.6 is 0 Å². The van der Waals surface area contributed by atoms with Crippen LogP contribution in [0, 0.1) is 0 Å². The maximum Gasteiger partial charge on any atom is 0.199 e. The van der Waals surface area contributed by atoms with Crippen LogP contribution in [0.3, 0.4) is 0 Å². The summed E-state index contributed by atoms with van der Waals surface area (Å²) >= 11 is 0. The molecule has 2 aliphatic rings. The third kappa shape index (κ3) is 1.87. The van der Waals surface area contributed by atoms with Gasteiger partial charge in [0.1, 0.15) is 6.26 Å². The molecule has 1 aromatic heterocycles. The van der Waals surface area contributed by atoms with Crippen LogP contribution in [0.4, 0.5) is 0 Å². The molecule has 2 saturated heterocycles. The topological polar surface area (TPSA) is 41.3 Å². The second-order valence-corrected chi connectivity index (χ2v) is 5.04. The minimum Gasteiger partial charge on any atom is -0.448 e. The molecule has 4 nitrogen and oxygen atoms in total. The van der Waals surface area contributed by atoms with Crippen LogP contribution in [-0.4, -0.2) is 43.1 Å². The molecule has 1 N–H and O–H groups in total. The summed E-state index contributed by atoms with van der Waals surface area (Å²) in [6.07, 6.45) is 4.31. The van der Waals surface area contributed by atoms with Crippen LogP contribution in [0.5, 0.6) is 0 Å². The highest BCUT2D eigenvalue weighted by Gasteiger charge is 2.26. The van der Waals surface area contributed by atoms with Gasteiger partial charge >= 0.3 is 0 Å². The van der Waals surface area contributed by atoms with Crippen LogP contribution in [0.25, 0.3) is 0 Å². The molecule has 0 amide bonds. The number of piperidine rings is 1. The minimum absolute atomic E-state index is 0.514. The molecule has 3 heterocycles. The van der Waals surface area contributed by atoms with E-state index in [9.17, 15) is 0 Å². The molecule has 88 valence electrons. The van der Waals surface area contributed by atoms with Crippen LogP contribution < -0.4 is 5.32 Å². The Labute approximate surface area is 96.0 Å². The van der Waals surface area contributed by atoms with Crippen molar-refractivity contribution >= 4 is 0 Å². The number of nitrogens with one attached hydrogen (secondary N) is 1. The highest BCUT2D eigenvalue weighted by atomic mass is 16.3. The summed E-state index contributed by atoms with van der Waals surface area (Å²) in [7, 11) is 2.18. The molecule has 0 aliphatic carbocycles. The summed E-state index contributed by atoms with van der Waals surface area (Å²) in [6, 6.07) is 0. The molecule has 0 unspecified atom stereocenters. The molecule has 2 fully saturated rings. The van der Waals surface area contributed by atoms with Gasteiger partial charge < -0.3 is 14.6 Å². The Morgan fingerprint density at radius 3 is 2.69 bits per heavy atom. The predicted molar refractivity (Wildman–Crippen MR) is 61.6 cm³/mol. The van der Waals surface area contributed by atoms with Crippen molar-refractivity contribution in [2.75, 3.05) is 33.2 Å². The molecule has 1 aromatic rings. The fourth-order valence-corrected chi connectivity index (χ4v) is 2.44. The van der Waals surface area contributed by atoms with Crippen molar-refractivity contribution in [1.29, 1.82) is 0 Å². The maximum atomic E-state index is 5.58. The summed E-state index contributed by atoms with van der Waals surface area (Å²) < 4.78 is 5.58. The molecule has 0 radical (unpaired) electrons. The third-order valence-corrected chi connectivity index (χ3v) is 3.81. The van der Waals surface area contributed by atoms with Crippen LogP contribution in [0.1, 0.15) is 36.3 Å². The first-order valence-corrected chi connectivity index (χ1v) is 6.17. The van der Waals surface area contributed by atoms with E-state index in [-0.39, 0.29) is 0 Å². The molecule has 0 saturated carbocycles. The van der Waals surface area contributed by atoms with Crippen molar-refractivity contribution in [2.24, 2.45) is 0 Å². The van der Waals surface area contributed by atoms with Gasteiger partial charge in [0.2, 0.25) is 0 Å². The number of oxazole rings is 1. The van der Waals surface area contributed by atoms with E-state index in [1.165, 1.54) is 31.6 Å². The first-order chi connectivity index (χ1) is 7.83. The van der Waals surface area contributed by atoms with Gasteiger partial charge in [0.15, 0.2) is 5.89 Å². The number of rotatable bonds is 2. The minimum atomic E-state index is 0.514. The first kappa shape index (κ1) is 10.3. The van der Waals surface area contributed by atoms with E-state index in [0.29, 0.717) is 11.8 Å². The van der Waals surface area contributed by atoms with E-state index in [1.807, 2.05) is 6.26 Å². The van der Waals surface area contributed by atoms with E-state index >= 15 is 0 Å². The smallest absolute Gasteiger partial charge is 0.199 e. The standard InChI is InChI=1S/C12H19N3O/c1-15-4-2-9(3-5-15)11-8-16-12(14-11)10-6-13-7-10/h8-10,13H,2-7H2,1H3. The summed E-state index contributed by atoms with van der Waals surface area (Å²) in [6.45, 7) is 4.40. The van der Waals surface area contributed by atoms with Gasteiger partial charge in [-0.1, -0.05) is 0 Å². The Bertz CT molecular complexity index is 351. The highest BCUT2D eigenvalue weighted by Crippen LogP contribution is 2.28. The van der Waals surface area contributed by atoms with Crippen LogP contribution in [0.2, 0.25) is 0 Å². The van der Waals surface area contributed by atoms with E-state index in [1.54, 1.807) is 0 Å². The SMILES string of the molecule is CN1CCC(c2coc(C3CNC3)n2)CC1. The quantitative estimate of drug-likeness (QED) is 0.814. The molecule has 0 spiro atoms.